The highest BCUT2D eigenvalue weighted by atomic mass is 35.5. The Labute approximate surface area is 291 Å². The lowest BCUT2D eigenvalue weighted by atomic mass is 9.73. The van der Waals surface area contributed by atoms with Gasteiger partial charge >= 0.3 is 5.97 Å². The van der Waals surface area contributed by atoms with Crippen molar-refractivity contribution in [3.63, 3.8) is 0 Å². The predicted molar refractivity (Wildman–Crippen MR) is 197 cm³/mol. The Morgan fingerprint density at radius 1 is 0.735 bits per heavy atom. The first-order valence-corrected chi connectivity index (χ1v) is 18.6. The third-order valence-electron chi connectivity index (χ3n) is 9.09. The smallest absolute Gasteiger partial charge is 0.340 e. The summed E-state index contributed by atoms with van der Waals surface area (Å²) < 4.78 is 18.3. The molecule has 0 aromatic heterocycles. The topological polar surface area (TPSA) is 65.0 Å². The number of hydrogen-bond acceptors (Lipinski definition) is 5. The van der Waals surface area contributed by atoms with Gasteiger partial charge in [-0.3, -0.25) is 4.79 Å². The molecule has 1 aliphatic carbocycles. The van der Waals surface area contributed by atoms with Gasteiger partial charge in [-0.15, -0.1) is 0 Å². The normalized spacial score (nSPS) is 17.6. The second-order valence-corrected chi connectivity index (χ2v) is 15.5. The van der Waals surface area contributed by atoms with Gasteiger partial charge in [-0.05, 0) is 36.1 Å². The van der Waals surface area contributed by atoms with E-state index in [-0.39, 0.29) is 29.8 Å². The summed E-state index contributed by atoms with van der Waals surface area (Å²) in [6.45, 7) is 1.92. The van der Waals surface area contributed by atoms with E-state index in [9.17, 15) is 9.59 Å². The maximum absolute atomic E-state index is 14.3. The molecule has 0 fully saturated rings. The van der Waals surface area contributed by atoms with Crippen LogP contribution < -0.4 is 15.9 Å². The van der Waals surface area contributed by atoms with Crippen LogP contribution in [0.4, 0.5) is 0 Å². The van der Waals surface area contributed by atoms with E-state index in [1.165, 1.54) is 0 Å². The fourth-order valence-corrected chi connectivity index (χ4v) is 10.5. The second kappa shape index (κ2) is 14.3. The van der Waals surface area contributed by atoms with Crippen molar-refractivity contribution in [1.29, 1.82) is 0 Å². The zero-order valence-corrected chi connectivity index (χ0v) is 28.7. The van der Waals surface area contributed by atoms with E-state index >= 15 is 0 Å². The molecule has 2 unspecified atom stereocenters. The molecule has 0 saturated carbocycles. The number of halogens is 1. The molecule has 7 heteroatoms. The fraction of sp³-hybridized carbons (Fsp3) is 0.143. The highest BCUT2D eigenvalue weighted by molar-refractivity contribution is 7.87. The van der Waals surface area contributed by atoms with E-state index in [2.05, 4.69) is 36.4 Å². The van der Waals surface area contributed by atoms with Gasteiger partial charge in [0.2, 0.25) is 5.88 Å². The Hall–Kier alpha value is -4.96. The number of benzene rings is 5. The summed E-state index contributed by atoms with van der Waals surface area (Å²) in [5.41, 5.74) is 2.49. The standard InChI is InChI=1S/C42H35ClNO4P/c1-2-47-42(46)40-38(30-23-25-32(43)26-24-30)39-36(45)27-31(29-15-7-3-8-16-29)28-37(39)48-41(40)44-49(33-17-9-4-10-18-33,34-19-11-5-12-20-34)35-21-13-6-14-22-35/h3-26,31,38H,2,27-28H2,1H3. The summed E-state index contributed by atoms with van der Waals surface area (Å²) in [5.74, 6) is -0.773. The molecule has 0 bridgehead atoms. The van der Waals surface area contributed by atoms with Gasteiger partial charge in [-0.25, -0.2) is 9.54 Å². The zero-order chi connectivity index (χ0) is 33.8. The molecule has 0 spiro atoms. The number of hydrogen-bond donors (Lipinski definition) is 0. The van der Waals surface area contributed by atoms with Crippen LogP contribution in [-0.4, -0.2) is 18.4 Å². The lowest BCUT2D eigenvalue weighted by Gasteiger charge is -2.36. The van der Waals surface area contributed by atoms with Gasteiger partial charge in [0, 0.05) is 39.4 Å². The molecule has 5 aromatic rings. The first-order valence-electron chi connectivity index (χ1n) is 16.4. The molecule has 2 atom stereocenters. The minimum Gasteiger partial charge on any atom is -0.462 e. The van der Waals surface area contributed by atoms with Gasteiger partial charge in [0.1, 0.15) is 11.3 Å². The van der Waals surface area contributed by atoms with Crippen LogP contribution in [0.2, 0.25) is 5.02 Å². The Morgan fingerprint density at radius 2 is 1.24 bits per heavy atom. The van der Waals surface area contributed by atoms with Gasteiger partial charge in [-0.1, -0.05) is 145 Å². The average Bonchev–Trinajstić information content (AvgIpc) is 3.15. The van der Waals surface area contributed by atoms with Gasteiger partial charge in [0.25, 0.3) is 0 Å². The van der Waals surface area contributed by atoms with Crippen LogP contribution in [0.15, 0.2) is 173 Å². The van der Waals surface area contributed by atoms with Gasteiger partial charge in [0.15, 0.2) is 5.78 Å². The van der Waals surface area contributed by atoms with Crippen molar-refractivity contribution in [3.8, 4) is 0 Å². The molecule has 49 heavy (non-hydrogen) atoms. The van der Waals surface area contributed by atoms with E-state index < -0.39 is 18.9 Å². The van der Waals surface area contributed by atoms with Crippen molar-refractivity contribution < 1.29 is 19.1 Å². The molecular weight excluding hydrogens is 649 g/mol. The predicted octanol–water partition coefficient (Wildman–Crippen LogP) is 8.81. The first-order chi connectivity index (χ1) is 24.0. The number of ketones is 1. The van der Waals surface area contributed by atoms with Gasteiger partial charge in [-0.2, -0.15) is 0 Å². The van der Waals surface area contributed by atoms with Crippen LogP contribution >= 0.6 is 18.7 Å². The van der Waals surface area contributed by atoms with Crippen molar-refractivity contribution in [1.82, 2.24) is 0 Å². The number of rotatable bonds is 8. The van der Waals surface area contributed by atoms with E-state index in [0.717, 1.165) is 27.0 Å². The van der Waals surface area contributed by atoms with Crippen molar-refractivity contribution in [2.45, 2.75) is 31.6 Å². The number of allylic oxidation sites excluding steroid dienone is 2. The van der Waals surface area contributed by atoms with Crippen LogP contribution in [0.25, 0.3) is 0 Å². The number of ether oxygens (including phenoxy) is 2. The fourth-order valence-electron chi connectivity index (χ4n) is 6.88. The quantitative estimate of drug-likeness (QED) is 0.121. The number of carbonyl (C=O) groups excluding carboxylic acids is 2. The van der Waals surface area contributed by atoms with E-state index in [0.29, 0.717) is 29.2 Å². The minimum atomic E-state index is -2.87. The third kappa shape index (κ3) is 6.33. The summed E-state index contributed by atoms with van der Waals surface area (Å²) >= 11 is 6.35. The van der Waals surface area contributed by atoms with Crippen molar-refractivity contribution in [2.75, 3.05) is 6.61 Å². The van der Waals surface area contributed by atoms with E-state index in [4.69, 9.17) is 25.8 Å². The summed E-state index contributed by atoms with van der Waals surface area (Å²) in [6, 6.07) is 47.8. The number of Topliss-reactive ketones (excluding diaryl/α,β-unsaturated/α-hetero) is 1. The number of carbonyl (C=O) groups is 2. The zero-order valence-electron chi connectivity index (χ0n) is 27.0. The molecule has 0 amide bonds. The maximum Gasteiger partial charge on any atom is 0.340 e. The molecule has 7 rings (SSSR count). The lowest BCUT2D eigenvalue weighted by Crippen LogP contribution is -2.32. The Morgan fingerprint density at radius 3 is 1.76 bits per heavy atom. The molecule has 5 nitrogen and oxygen atoms in total. The largest absolute Gasteiger partial charge is 0.462 e. The van der Waals surface area contributed by atoms with Crippen LogP contribution in [0.5, 0.6) is 0 Å². The van der Waals surface area contributed by atoms with Crippen molar-refractivity contribution in [3.05, 3.63) is 185 Å². The molecule has 1 aliphatic heterocycles. The number of nitrogens with zero attached hydrogens (tertiary/aromatic N) is 1. The molecular formula is C42H35ClNO4P. The molecule has 1 heterocycles. The number of esters is 1. The molecule has 0 N–H and O–H groups in total. The van der Waals surface area contributed by atoms with E-state index in [1.807, 2.05) is 97.1 Å². The minimum absolute atomic E-state index is 0.0638. The molecule has 244 valence electrons. The van der Waals surface area contributed by atoms with Crippen LogP contribution in [0.3, 0.4) is 0 Å². The summed E-state index contributed by atoms with van der Waals surface area (Å²) in [6.07, 6.45) is 0.783. The molecule has 5 aromatic carbocycles. The molecule has 2 aliphatic rings. The van der Waals surface area contributed by atoms with Gasteiger partial charge < -0.3 is 9.47 Å². The van der Waals surface area contributed by atoms with Gasteiger partial charge in [0.05, 0.1) is 19.6 Å². The summed E-state index contributed by atoms with van der Waals surface area (Å²) in [4.78, 5) is 28.5. The maximum atomic E-state index is 14.3. The monoisotopic (exact) mass is 683 g/mol. The SMILES string of the molecule is CCOC(=O)C1=C(N=P(c2ccccc2)(c2ccccc2)c2ccccc2)OC2=C(C(=O)CC(c3ccccc3)C2)C1c1ccc(Cl)cc1. The highest BCUT2D eigenvalue weighted by Gasteiger charge is 2.45. The lowest BCUT2D eigenvalue weighted by molar-refractivity contribution is -0.139. The Bertz CT molecular complexity index is 1990. The Kier molecular flexibility index (Phi) is 9.48. The molecule has 0 radical (unpaired) electrons. The first kappa shape index (κ1) is 32.6. The van der Waals surface area contributed by atoms with Crippen molar-refractivity contribution in [2.24, 2.45) is 4.74 Å². The Balaban J connectivity index is 1.56. The molecule has 0 saturated heterocycles. The van der Waals surface area contributed by atoms with Crippen LogP contribution in [-0.2, 0) is 19.1 Å². The summed E-state index contributed by atoms with van der Waals surface area (Å²) in [7, 11) is -2.87. The second-order valence-electron chi connectivity index (χ2n) is 12.0. The average molecular weight is 684 g/mol. The van der Waals surface area contributed by atoms with Crippen molar-refractivity contribution >= 4 is 46.3 Å². The van der Waals surface area contributed by atoms with Crippen LogP contribution in [0, 0.1) is 0 Å². The third-order valence-corrected chi connectivity index (χ3v) is 13.0. The van der Waals surface area contributed by atoms with Crippen LogP contribution in [0.1, 0.15) is 42.7 Å². The highest BCUT2D eigenvalue weighted by Crippen LogP contribution is 2.53. The van der Waals surface area contributed by atoms with E-state index in [1.54, 1.807) is 19.1 Å². The summed E-state index contributed by atoms with van der Waals surface area (Å²) in [5, 5.41) is 3.54.